The Morgan fingerprint density at radius 1 is 1.26 bits per heavy atom. The Hall–Kier alpha value is -2.11. The van der Waals surface area contributed by atoms with Crippen LogP contribution in [0, 0.1) is 0 Å². The number of nitrogens with zero attached hydrogens (tertiary/aromatic N) is 4. The molecule has 2 rings (SSSR count). The standard InChI is InChI=1S/C13H20N6/c1-3-11-12(14-2)16-10-17-13(11)15-6-4-8-19-9-5-7-18-19/h5,7,9-10H,3-4,6,8H2,1-2H3,(H2,14,15,16,17). The van der Waals surface area contributed by atoms with E-state index in [9.17, 15) is 0 Å². The normalized spacial score (nSPS) is 10.4. The molecule has 2 aromatic heterocycles. The minimum atomic E-state index is 0.868. The van der Waals surface area contributed by atoms with Gasteiger partial charge in [-0.1, -0.05) is 6.92 Å². The van der Waals surface area contributed by atoms with E-state index in [1.54, 1.807) is 12.5 Å². The van der Waals surface area contributed by atoms with Gasteiger partial charge in [0.05, 0.1) is 0 Å². The van der Waals surface area contributed by atoms with Crippen LogP contribution in [-0.2, 0) is 13.0 Å². The van der Waals surface area contributed by atoms with E-state index in [-0.39, 0.29) is 0 Å². The molecule has 102 valence electrons. The second kappa shape index (κ2) is 6.72. The Labute approximate surface area is 113 Å². The van der Waals surface area contributed by atoms with Crippen molar-refractivity contribution in [2.24, 2.45) is 0 Å². The molecule has 19 heavy (non-hydrogen) atoms. The van der Waals surface area contributed by atoms with E-state index in [0.717, 1.165) is 43.1 Å². The summed E-state index contributed by atoms with van der Waals surface area (Å²) >= 11 is 0. The number of hydrogen-bond donors (Lipinski definition) is 2. The van der Waals surface area contributed by atoms with Gasteiger partial charge in [0.2, 0.25) is 0 Å². The second-order valence-electron chi connectivity index (χ2n) is 4.20. The summed E-state index contributed by atoms with van der Waals surface area (Å²) in [5.74, 6) is 1.81. The highest BCUT2D eigenvalue weighted by Crippen LogP contribution is 2.19. The van der Waals surface area contributed by atoms with Crippen LogP contribution < -0.4 is 10.6 Å². The molecule has 2 aromatic rings. The molecule has 6 heteroatoms. The number of nitrogens with one attached hydrogen (secondary N) is 2. The number of aromatic nitrogens is 4. The Morgan fingerprint density at radius 2 is 2.11 bits per heavy atom. The van der Waals surface area contributed by atoms with Crippen LogP contribution in [0.1, 0.15) is 18.9 Å². The fraction of sp³-hybridized carbons (Fsp3) is 0.462. The predicted molar refractivity (Wildman–Crippen MR) is 76.3 cm³/mol. The van der Waals surface area contributed by atoms with Crippen molar-refractivity contribution in [1.29, 1.82) is 0 Å². The van der Waals surface area contributed by atoms with E-state index in [4.69, 9.17) is 0 Å². The Kier molecular flexibility index (Phi) is 4.72. The molecule has 0 radical (unpaired) electrons. The second-order valence-corrected chi connectivity index (χ2v) is 4.20. The minimum Gasteiger partial charge on any atom is -0.373 e. The lowest BCUT2D eigenvalue weighted by atomic mass is 10.2. The largest absolute Gasteiger partial charge is 0.373 e. The fourth-order valence-corrected chi connectivity index (χ4v) is 2.00. The number of hydrogen-bond acceptors (Lipinski definition) is 5. The molecule has 0 spiro atoms. The van der Waals surface area contributed by atoms with E-state index in [0.29, 0.717) is 0 Å². The SMILES string of the molecule is CCc1c(NC)ncnc1NCCCn1cccn1. The zero-order chi connectivity index (χ0) is 13.5. The number of anilines is 2. The highest BCUT2D eigenvalue weighted by Gasteiger charge is 2.07. The van der Waals surface area contributed by atoms with E-state index >= 15 is 0 Å². The third-order valence-corrected chi connectivity index (χ3v) is 2.95. The van der Waals surface area contributed by atoms with Gasteiger partial charge in [0.25, 0.3) is 0 Å². The van der Waals surface area contributed by atoms with Gasteiger partial charge in [0, 0.05) is 38.1 Å². The van der Waals surface area contributed by atoms with Gasteiger partial charge in [-0.15, -0.1) is 0 Å². The summed E-state index contributed by atoms with van der Waals surface area (Å²) in [6.45, 7) is 3.88. The summed E-state index contributed by atoms with van der Waals surface area (Å²) < 4.78 is 1.93. The minimum absolute atomic E-state index is 0.868. The highest BCUT2D eigenvalue weighted by molar-refractivity contribution is 5.56. The van der Waals surface area contributed by atoms with Crippen molar-refractivity contribution in [1.82, 2.24) is 19.7 Å². The average Bonchev–Trinajstić information content (AvgIpc) is 2.96. The quantitative estimate of drug-likeness (QED) is 0.743. The number of rotatable bonds is 7. The Bertz CT molecular complexity index is 494. The molecule has 0 atom stereocenters. The Morgan fingerprint density at radius 3 is 2.79 bits per heavy atom. The molecule has 0 saturated carbocycles. The third kappa shape index (κ3) is 3.43. The molecule has 0 aliphatic heterocycles. The van der Waals surface area contributed by atoms with Crippen molar-refractivity contribution in [3.05, 3.63) is 30.4 Å². The Balaban J connectivity index is 1.88. The van der Waals surface area contributed by atoms with Gasteiger partial charge in [-0.3, -0.25) is 4.68 Å². The maximum Gasteiger partial charge on any atom is 0.134 e. The van der Waals surface area contributed by atoms with E-state index < -0.39 is 0 Å². The van der Waals surface area contributed by atoms with Gasteiger partial charge in [0.15, 0.2) is 0 Å². The van der Waals surface area contributed by atoms with Crippen LogP contribution in [-0.4, -0.2) is 33.3 Å². The van der Waals surface area contributed by atoms with Crippen LogP contribution in [0.15, 0.2) is 24.8 Å². The molecule has 2 heterocycles. The topological polar surface area (TPSA) is 67.7 Å². The zero-order valence-corrected chi connectivity index (χ0v) is 11.4. The lowest BCUT2D eigenvalue weighted by molar-refractivity contribution is 0.591. The average molecular weight is 260 g/mol. The maximum atomic E-state index is 4.31. The summed E-state index contributed by atoms with van der Waals surface area (Å²) in [5.41, 5.74) is 1.13. The maximum absolute atomic E-state index is 4.31. The van der Waals surface area contributed by atoms with E-state index in [1.165, 1.54) is 0 Å². The van der Waals surface area contributed by atoms with Crippen molar-refractivity contribution in [2.75, 3.05) is 24.2 Å². The molecular formula is C13H20N6. The lowest BCUT2D eigenvalue weighted by Crippen LogP contribution is -2.11. The zero-order valence-electron chi connectivity index (χ0n) is 11.4. The van der Waals surface area contributed by atoms with Crippen molar-refractivity contribution in [2.45, 2.75) is 26.3 Å². The van der Waals surface area contributed by atoms with Crippen molar-refractivity contribution < 1.29 is 0 Å². The predicted octanol–water partition coefficient (Wildman–Crippen LogP) is 1.78. The van der Waals surface area contributed by atoms with E-state index in [1.807, 2.05) is 24.0 Å². The van der Waals surface area contributed by atoms with Gasteiger partial charge in [-0.2, -0.15) is 5.10 Å². The molecule has 0 aliphatic carbocycles. The van der Waals surface area contributed by atoms with Gasteiger partial charge in [-0.05, 0) is 18.9 Å². The molecule has 0 fully saturated rings. The van der Waals surface area contributed by atoms with Crippen LogP contribution >= 0.6 is 0 Å². The summed E-state index contributed by atoms with van der Waals surface area (Å²) in [6.07, 6.45) is 7.26. The molecule has 0 unspecified atom stereocenters. The van der Waals surface area contributed by atoms with Crippen LogP contribution in [0.3, 0.4) is 0 Å². The van der Waals surface area contributed by atoms with Gasteiger partial charge in [0.1, 0.15) is 18.0 Å². The molecular weight excluding hydrogens is 240 g/mol. The van der Waals surface area contributed by atoms with Gasteiger partial charge in [-0.25, -0.2) is 9.97 Å². The summed E-state index contributed by atoms with van der Waals surface area (Å²) in [7, 11) is 1.88. The van der Waals surface area contributed by atoms with Gasteiger partial charge < -0.3 is 10.6 Å². The third-order valence-electron chi connectivity index (χ3n) is 2.95. The summed E-state index contributed by atoms with van der Waals surface area (Å²) in [6, 6.07) is 1.94. The number of aryl methyl sites for hydroxylation is 1. The smallest absolute Gasteiger partial charge is 0.134 e. The molecule has 0 amide bonds. The van der Waals surface area contributed by atoms with Crippen molar-refractivity contribution in [3.8, 4) is 0 Å². The molecule has 2 N–H and O–H groups in total. The summed E-state index contributed by atoms with van der Waals surface area (Å²) in [4.78, 5) is 8.53. The molecule has 0 aromatic carbocycles. The first-order valence-corrected chi connectivity index (χ1v) is 6.58. The molecule has 6 nitrogen and oxygen atoms in total. The van der Waals surface area contributed by atoms with Crippen LogP contribution in [0.2, 0.25) is 0 Å². The first-order chi connectivity index (χ1) is 9.35. The molecule has 0 bridgehead atoms. The van der Waals surface area contributed by atoms with Crippen LogP contribution in [0.4, 0.5) is 11.6 Å². The monoisotopic (exact) mass is 260 g/mol. The highest BCUT2D eigenvalue weighted by atomic mass is 15.3. The van der Waals surface area contributed by atoms with E-state index in [2.05, 4.69) is 32.6 Å². The van der Waals surface area contributed by atoms with Crippen molar-refractivity contribution >= 4 is 11.6 Å². The molecule has 0 aliphatic rings. The summed E-state index contributed by atoms with van der Waals surface area (Å²) in [5, 5.41) is 10.6. The van der Waals surface area contributed by atoms with Crippen LogP contribution in [0.5, 0.6) is 0 Å². The van der Waals surface area contributed by atoms with Crippen LogP contribution in [0.25, 0.3) is 0 Å². The first-order valence-electron chi connectivity index (χ1n) is 6.58. The van der Waals surface area contributed by atoms with Gasteiger partial charge >= 0.3 is 0 Å². The molecule has 0 saturated heterocycles. The fourth-order valence-electron chi connectivity index (χ4n) is 2.00. The van der Waals surface area contributed by atoms with Crippen molar-refractivity contribution in [3.63, 3.8) is 0 Å². The lowest BCUT2D eigenvalue weighted by Gasteiger charge is -2.12. The first kappa shape index (κ1) is 13.3.